The largest absolute Gasteiger partial charge is 0.493 e. The van der Waals surface area contributed by atoms with Gasteiger partial charge in [0, 0.05) is 5.75 Å². The molecule has 0 amide bonds. The van der Waals surface area contributed by atoms with Gasteiger partial charge >= 0.3 is 5.97 Å². The van der Waals surface area contributed by atoms with Crippen molar-refractivity contribution < 1.29 is 23.4 Å². The van der Waals surface area contributed by atoms with E-state index < -0.39 is 5.97 Å². The average molecular weight is 454 g/mol. The highest BCUT2D eigenvalue weighted by Crippen LogP contribution is 2.28. The number of benzene rings is 2. The normalized spacial score (nSPS) is 11.5. The zero-order valence-electron chi connectivity index (χ0n) is 17.7. The highest BCUT2D eigenvalue weighted by molar-refractivity contribution is 8.13. The third-order valence-electron chi connectivity index (χ3n) is 4.20. The number of esters is 1. The highest BCUT2D eigenvalue weighted by Gasteiger charge is 2.12. The molecule has 0 radical (unpaired) electrons. The van der Waals surface area contributed by atoms with Crippen molar-refractivity contribution in [3.05, 3.63) is 83.3 Å². The van der Waals surface area contributed by atoms with Gasteiger partial charge < -0.3 is 24.4 Å². The van der Waals surface area contributed by atoms with Crippen LogP contribution in [0.1, 0.15) is 27.4 Å². The van der Waals surface area contributed by atoms with Crippen LogP contribution in [-0.2, 0) is 17.1 Å². The van der Waals surface area contributed by atoms with Crippen LogP contribution >= 0.6 is 11.8 Å². The van der Waals surface area contributed by atoms with Crippen LogP contribution in [0.2, 0.25) is 0 Å². The number of hydrogen-bond acceptors (Lipinski definition) is 8. The molecule has 0 aliphatic carbocycles. The van der Waals surface area contributed by atoms with Gasteiger partial charge in [0.25, 0.3) is 0 Å². The minimum absolute atomic E-state index is 0.117. The molecule has 3 rings (SSSR count). The number of nitrogens with two attached hydrogens (primary N) is 1. The van der Waals surface area contributed by atoms with Gasteiger partial charge in [-0.2, -0.15) is 5.10 Å². The van der Waals surface area contributed by atoms with Crippen LogP contribution in [0.4, 0.5) is 0 Å². The maximum absolute atomic E-state index is 11.5. The first-order chi connectivity index (χ1) is 15.6. The minimum Gasteiger partial charge on any atom is -0.493 e. The van der Waals surface area contributed by atoms with Gasteiger partial charge in [0.1, 0.15) is 12.4 Å². The molecule has 0 aliphatic heterocycles. The summed E-state index contributed by atoms with van der Waals surface area (Å²) >= 11 is 1.42. The van der Waals surface area contributed by atoms with Crippen molar-refractivity contribution in [3.8, 4) is 11.5 Å². The number of rotatable bonds is 9. The number of thioether (sulfide) groups is 1. The second-order valence-corrected chi connectivity index (χ2v) is 7.41. The Balaban J connectivity index is 1.57. The maximum Gasteiger partial charge on any atom is 0.373 e. The van der Waals surface area contributed by atoms with Crippen LogP contribution in [0, 0.1) is 0 Å². The van der Waals surface area contributed by atoms with Crippen LogP contribution in [-0.4, -0.2) is 31.6 Å². The fraction of sp³-hybridized carbons (Fsp3) is 0.174. The molecule has 8 nitrogen and oxygen atoms in total. The Morgan fingerprint density at radius 3 is 2.66 bits per heavy atom. The zero-order chi connectivity index (χ0) is 22.8. The molecule has 1 aromatic heterocycles. The van der Waals surface area contributed by atoms with E-state index in [-0.39, 0.29) is 12.4 Å². The number of ether oxygens (including phenoxy) is 3. The van der Waals surface area contributed by atoms with Crippen LogP contribution in [0.5, 0.6) is 11.5 Å². The summed E-state index contributed by atoms with van der Waals surface area (Å²) in [5.41, 5.74) is 7.84. The van der Waals surface area contributed by atoms with E-state index in [1.165, 1.54) is 24.9 Å². The molecule has 0 saturated carbocycles. The Morgan fingerprint density at radius 2 is 1.91 bits per heavy atom. The second kappa shape index (κ2) is 11.6. The summed E-state index contributed by atoms with van der Waals surface area (Å²) in [5.74, 6) is 1.82. The Bertz CT molecular complexity index is 1100. The number of furan rings is 1. The first-order valence-corrected chi connectivity index (χ1v) is 10.6. The molecule has 2 N–H and O–H groups in total. The van der Waals surface area contributed by atoms with E-state index in [1.54, 1.807) is 31.5 Å². The molecule has 2 aromatic carbocycles. The second-order valence-electron chi connectivity index (χ2n) is 6.41. The van der Waals surface area contributed by atoms with Gasteiger partial charge in [-0.05, 0) is 41.5 Å². The summed E-state index contributed by atoms with van der Waals surface area (Å²) in [5, 5.41) is 8.43. The fourth-order valence-electron chi connectivity index (χ4n) is 2.61. The third-order valence-corrected chi connectivity index (χ3v) is 5.05. The van der Waals surface area contributed by atoms with Gasteiger partial charge in [-0.3, -0.25) is 0 Å². The van der Waals surface area contributed by atoms with Crippen molar-refractivity contribution in [2.45, 2.75) is 12.4 Å². The van der Waals surface area contributed by atoms with Crippen molar-refractivity contribution in [3.63, 3.8) is 0 Å². The monoisotopic (exact) mass is 453 g/mol. The van der Waals surface area contributed by atoms with Gasteiger partial charge in [0.2, 0.25) is 5.76 Å². The predicted molar refractivity (Wildman–Crippen MR) is 124 cm³/mol. The molecule has 0 atom stereocenters. The van der Waals surface area contributed by atoms with E-state index in [4.69, 9.17) is 19.6 Å². The van der Waals surface area contributed by atoms with Crippen molar-refractivity contribution in [1.82, 2.24) is 0 Å². The Morgan fingerprint density at radius 1 is 1.09 bits per heavy atom. The molecule has 9 heteroatoms. The molecule has 0 aliphatic rings. The van der Waals surface area contributed by atoms with E-state index in [0.717, 1.165) is 16.9 Å². The van der Waals surface area contributed by atoms with Gasteiger partial charge in [-0.15, -0.1) is 5.10 Å². The van der Waals surface area contributed by atoms with Crippen LogP contribution < -0.4 is 15.2 Å². The fourth-order valence-corrected chi connectivity index (χ4v) is 3.22. The maximum atomic E-state index is 11.5. The SMILES string of the molecule is COC(=O)c1ccc(COc2ccc(C=NN=C(N)SCc3ccccc3)cc2OC)o1. The van der Waals surface area contributed by atoms with Crippen molar-refractivity contribution >= 4 is 29.1 Å². The summed E-state index contributed by atoms with van der Waals surface area (Å²) in [4.78, 5) is 11.5. The number of amidine groups is 1. The number of nitrogens with zero attached hydrogens (tertiary/aromatic N) is 2. The van der Waals surface area contributed by atoms with Gasteiger partial charge in [0.05, 0.1) is 20.4 Å². The Hall–Kier alpha value is -3.72. The lowest BCUT2D eigenvalue weighted by Crippen LogP contribution is -2.06. The van der Waals surface area contributed by atoms with E-state index in [2.05, 4.69) is 14.9 Å². The number of carbonyl (C=O) groups excluding carboxylic acids is 1. The average Bonchev–Trinajstić information content (AvgIpc) is 3.31. The summed E-state index contributed by atoms with van der Waals surface area (Å²) < 4.78 is 21.1. The summed E-state index contributed by atoms with van der Waals surface area (Å²) in [6, 6.07) is 18.5. The van der Waals surface area contributed by atoms with Crippen molar-refractivity contribution in [1.29, 1.82) is 0 Å². The number of carbonyl (C=O) groups is 1. The summed E-state index contributed by atoms with van der Waals surface area (Å²) in [6.07, 6.45) is 1.58. The van der Waals surface area contributed by atoms with E-state index in [1.807, 2.05) is 36.4 Å². The topological polar surface area (TPSA) is 109 Å². The van der Waals surface area contributed by atoms with Crippen LogP contribution in [0.25, 0.3) is 0 Å². The van der Waals surface area contributed by atoms with Gasteiger partial charge in [-0.1, -0.05) is 42.1 Å². The third kappa shape index (κ3) is 6.64. The molecule has 0 bridgehead atoms. The standard InChI is InChI=1S/C23H23N3O5S/c1-28-21-12-17(13-25-26-23(24)32-15-16-6-4-3-5-7-16)8-10-19(21)30-14-18-9-11-20(31-18)22(27)29-2/h3-13H,14-15H2,1-2H3,(H2,24,26). The molecular weight excluding hydrogens is 430 g/mol. The first-order valence-electron chi connectivity index (χ1n) is 9.60. The van der Waals surface area contributed by atoms with Gasteiger partial charge in [-0.25, -0.2) is 4.79 Å². The predicted octanol–water partition coefficient (Wildman–Crippen LogP) is 4.24. The van der Waals surface area contributed by atoms with Crippen LogP contribution in [0.15, 0.2) is 75.3 Å². The lowest BCUT2D eigenvalue weighted by atomic mass is 10.2. The highest BCUT2D eigenvalue weighted by atomic mass is 32.2. The Kier molecular flexibility index (Phi) is 8.33. The van der Waals surface area contributed by atoms with E-state index in [0.29, 0.717) is 22.4 Å². The lowest BCUT2D eigenvalue weighted by Gasteiger charge is -2.10. The molecule has 1 heterocycles. The quantitative estimate of drug-likeness (QED) is 0.223. The van der Waals surface area contributed by atoms with E-state index >= 15 is 0 Å². The Labute approximate surface area is 190 Å². The lowest BCUT2D eigenvalue weighted by molar-refractivity contribution is 0.0561. The molecular formula is C23H23N3O5S. The number of hydrogen-bond donors (Lipinski definition) is 1. The molecule has 0 unspecified atom stereocenters. The van der Waals surface area contributed by atoms with E-state index in [9.17, 15) is 4.79 Å². The first kappa shape index (κ1) is 23.0. The van der Waals surface area contributed by atoms with Gasteiger partial charge in [0.15, 0.2) is 16.7 Å². The summed E-state index contributed by atoms with van der Waals surface area (Å²) in [7, 11) is 2.84. The van der Waals surface area contributed by atoms with Crippen molar-refractivity contribution in [2.24, 2.45) is 15.9 Å². The summed E-state index contributed by atoms with van der Waals surface area (Å²) in [6.45, 7) is 0.125. The smallest absolute Gasteiger partial charge is 0.373 e. The molecule has 0 saturated heterocycles. The molecule has 166 valence electrons. The molecule has 32 heavy (non-hydrogen) atoms. The number of methoxy groups -OCH3 is 2. The molecule has 3 aromatic rings. The molecule has 0 fully saturated rings. The molecule has 0 spiro atoms. The zero-order valence-corrected chi connectivity index (χ0v) is 18.5. The minimum atomic E-state index is -0.542. The van der Waals surface area contributed by atoms with Crippen LogP contribution in [0.3, 0.4) is 0 Å². The van der Waals surface area contributed by atoms with Crippen molar-refractivity contribution in [2.75, 3.05) is 14.2 Å².